The van der Waals surface area contributed by atoms with E-state index in [1.807, 2.05) is 61.5 Å². The number of amides is 1. The van der Waals surface area contributed by atoms with Crippen LogP contribution in [0.25, 0.3) is 11.4 Å². The number of aromatic nitrogens is 4. The Morgan fingerprint density at radius 3 is 2.52 bits per heavy atom. The average Bonchev–Trinajstić information content (AvgIpc) is 3.10. The highest BCUT2D eigenvalue weighted by Crippen LogP contribution is 2.15. The van der Waals surface area contributed by atoms with E-state index in [1.54, 1.807) is 0 Å². The number of aryl methyl sites for hydroxylation is 1. The topological polar surface area (TPSA) is 72.7 Å². The van der Waals surface area contributed by atoms with Crippen LogP contribution in [0.3, 0.4) is 0 Å². The van der Waals surface area contributed by atoms with E-state index in [1.165, 1.54) is 10.4 Å². The largest absolute Gasteiger partial charge is 0.348 e. The lowest BCUT2D eigenvalue weighted by atomic mass is 10.1. The predicted octanol–water partition coefficient (Wildman–Crippen LogP) is 2.78. The normalized spacial score (nSPS) is 11.9. The molecule has 25 heavy (non-hydrogen) atoms. The van der Waals surface area contributed by atoms with Gasteiger partial charge in [-0.3, -0.25) is 4.79 Å². The molecule has 0 spiro atoms. The van der Waals surface area contributed by atoms with Gasteiger partial charge in [-0.1, -0.05) is 61.5 Å². The number of tetrazole rings is 1. The van der Waals surface area contributed by atoms with Crippen LogP contribution in [0.4, 0.5) is 0 Å². The smallest absolute Gasteiger partial charge is 0.244 e. The van der Waals surface area contributed by atoms with Gasteiger partial charge in [0.15, 0.2) is 0 Å². The van der Waals surface area contributed by atoms with Gasteiger partial charge in [0, 0.05) is 5.56 Å². The maximum atomic E-state index is 12.2. The first-order valence-corrected chi connectivity index (χ1v) is 8.37. The van der Waals surface area contributed by atoms with E-state index in [9.17, 15) is 4.79 Å². The van der Waals surface area contributed by atoms with Gasteiger partial charge in [0.1, 0.15) is 6.54 Å². The molecule has 1 aromatic heterocycles. The summed E-state index contributed by atoms with van der Waals surface area (Å²) in [7, 11) is 0. The van der Waals surface area contributed by atoms with Gasteiger partial charge in [-0.05, 0) is 29.7 Å². The fraction of sp³-hybridized carbons (Fsp3) is 0.263. The zero-order chi connectivity index (χ0) is 17.6. The molecular formula is C19H21N5O. The number of carbonyl (C=O) groups excluding carboxylic acids is 1. The highest BCUT2D eigenvalue weighted by molar-refractivity contribution is 5.76. The van der Waals surface area contributed by atoms with Crippen LogP contribution in [-0.4, -0.2) is 26.1 Å². The minimum absolute atomic E-state index is 0.0389. The molecule has 0 aliphatic carbocycles. The molecule has 2 aromatic carbocycles. The van der Waals surface area contributed by atoms with E-state index in [2.05, 4.69) is 27.7 Å². The van der Waals surface area contributed by atoms with Crippen LogP contribution in [-0.2, 0) is 17.8 Å². The summed E-state index contributed by atoms with van der Waals surface area (Å²) in [6.45, 7) is 4.10. The van der Waals surface area contributed by atoms with Gasteiger partial charge in [-0.15, -0.1) is 10.2 Å². The van der Waals surface area contributed by atoms with E-state index in [0.29, 0.717) is 5.82 Å². The zero-order valence-corrected chi connectivity index (χ0v) is 14.4. The van der Waals surface area contributed by atoms with Crippen molar-refractivity contribution >= 4 is 5.91 Å². The highest BCUT2D eigenvalue weighted by atomic mass is 16.2. The molecule has 1 amide bonds. The Bertz CT molecular complexity index is 827. The Kier molecular flexibility index (Phi) is 5.18. The standard InChI is InChI=1S/C19H21N5O/c1-3-15-9-11-17(12-10-15)19-21-23-24(22-19)13-18(25)20-14(2)16-7-5-4-6-8-16/h4-12,14H,3,13H2,1-2H3,(H,20,25)/t14-/m1/s1. The molecule has 0 unspecified atom stereocenters. The van der Waals surface area contributed by atoms with Gasteiger partial charge >= 0.3 is 0 Å². The molecule has 0 radical (unpaired) electrons. The second-order valence-corrected chi connectivity index (χ2v) is 5.89. The first kappa shape index (κ1) is 16.8. The number of nitrogens with zero attached hydrogens (tertiary/aromatic N) is 4. The van der Waals surface area contributed by atoms with Gasteiger partial charge in [0.25, 0.3) is 0 Å². The first-order chi connectivity index (χ1) is 12.2. The van der Waals surface area contributed by atoms with E-state index >= 15 is 0 Å². The van der Waals surface area contributed by atoms with E-state index < -0.39 is 0 Å². The van der Waals surface area contributed by atoms with Crippen molar-refractivity contribution in [2.24, 2.45) is 0 Å². The van der Waals surface area contributed by atoms with Crippen molar-refractivity contribution in [3.63, 3.8) is 0 Å². The molecule has 6 nitrogen and oxygen atoms in total. The summed E-state index contributed by atoms with van der Waals surface area (Å²) in [5, 5.41) is 15.2. The molecule has 3 aromatic rings. The Morgan fingerprint density at radius 1 is 1.12 bits per heavy atom. The van der Waals surface area contributed by atoms with Gasteiger partial charge in [0.05, 0.1) is 6.04 Å². The Balaban J connectivity index is 1.61. The maximum Gasteiger partial charge on any atom is 0.244 e. The molecule has 0 bridgehead atoms. The van der Waals surface area contributed by atoms with Crippen molar-refractivity contribution in [2.45, 2.75) is 32.9 Å². The highest BCUT2D eigenvalue weighted by Gasteiger charge is 2.12. The lowest BCUT2D eigenvalue weighted by Crippen LogP contribution is -2.30. The van der Waals surface area contributed by atoms with Crippen LogP contribution in [0, 0.1) is 0 Å². The number of nitrogens with one attached hydrogen (secondary N) is 1. The van der Waals surface area contributed by atoms with Crippen molar-refractivity contribution in [2.75, 3.05) is 0 Å². The molecule has 0 saturated heterocycles. The maximum absolute atomic E-state index is 12.2. The van der Waals surface area contributed by atoms with E-state index in [0.717, 1.165) is 17.5 Å². The second-order valence-electron chi connectivity index (χ2n) is 5.89. The first-order valence-electron chi connectivity index (χ1n) is 8.37. The van der Waals surface area contributed by atoms with Crippen LogP contribution in [0.15, 0.2) is 54.6 Å². The van der Waals surface area contributed by atoms with Crippen molar-refractivity contribution in [3.8, 4) is 11.4 Å². The third kappa shape index (κ3) is 4.29. The fourth-order valence-electron chi connectivity index (χ4n) is 2.56. The number of carbonyl (C=O) groups is 1. The Hall–Kier alpha value is -3.02. The number of benzene rings is 2. The summed E-state index contributed by atoms with van der Waals surface area (Å²) in [4.78, 5) is 13.5. The lowest BCUT2D eigenvalue weighted by Gasteiger charge is -2.13. The molecule has 3 rings (SSSR count). The average molecular weight is 335 g/mol. The summed E-state index contributed by atoms with van der Waals surface area (Å²) in [5.74, 6) is 0.369. The number of rotatable bonds is 6. The summed E-state index contributed by atoms with van der Waals surface area (Å²) in [5.41, 5.74) is 3.20. The van der Waals surface area contributed by atoms with Gasteiger partial charge in [-0.25, -0.2) is 0 Å². The summed E-state index contributed by atoms with van der Waals surface area (Å²) in [6, 6.07) is 17.8. The molecular weight excluding hydrogens is 314 g/mol. The fourth-order valence-corrected chi connectivity index (χ4v) is 2.56. The Labute approximate surface area is 146 Å². The molecule has 0 saturated carbocycles. The minimum Gasteiger partial charge on any atom is -0.348 e. The quantitative estimate of drug-likeness (QED) is 0.752. The van der Waals surface area contributed by atoms with Crippen molar-refractivity contribution in [1.82, 2.24) is 25.5 Å². The van der Waals surface area contributed by atoms with Crippen LogP contribution in [0.2, 0.25) is 0 Å². The molecule has 0 aliphatic heterocycles. The van der Waals surface area contributed by atoms with Crippen molar-refractivity contribution < 1.29 is 4.79 Å². The van der Waals surface area contributed by atoms with E-state index in [-0.39, 0.29) is 18.5 Å². The van der Waals surface area contributed by atoms with Crippen LogP contribution in [0.5, 0.6) is 0 Å². The predicted molar refractivity (Wildman–Crippen MR) is 95.6 cm³/mol. The number of hydrogen-bond donors (Lipinski definition) is 1. The van der Waals surface area contributed by atoms with Crippen molar-refractivity contribution in [3.05, 3.63) is 65.7 Å². The van der Waals surface area contributed by atoms with E-state index in [4.69, 9.17) is 0 Å². The molecule has 1 N–H and O–H groups in total. The summed E-state index contributed by atoms with van der Waals surface area (Å²) in [6.07, 6.45) is 0.986. The third-order valence-corrected chi connectivity index (χ3v) is 4.04. The van der Waals surface area contributed by atoms with Crippen LogP contribution in [0.1, 0.15) is 31.0 Å². The Morgan fingerprint density at radius 2 is 1.84 bits per heavy atom. The third-order valence-electron chi connectivity index (χ3n) is 4.04. The molecule has 1 atom stereocenters. The molecule has 0 fully saturated rings. The lowest BCUT2D eigenvalue weighted by molar-refractivity contribution is -0.122. The van der Waals surface area contributed by atoms with Crippen LogP contribution < -0.4 is 5.32 Å². The minimum atomic E-state index is -0.151. The molecule has 128 valence electrons. The second kappa shape index (κ2) is 7.70. The van der Waals surface area contributed by atoms with Gasteiger partial charge in [-0.2, -0.15) is 4.80 Å². The SMILES string of the molecule is CCc1ccc(-c2nnn(CC(=O)N[C@H](C)c3ccccc3)n2)cc1. The number of hydrogen-bond acceptors (Lipinski definition) is 4. The summed E-state index contributed by atoms with van der Waals surface area (Å²) >= 11 is 0. The zero-order valence-electron chi connectivity index (χ0n) is 14.4. The van der Waals surface area contributed by atoms with Gasteiger partial charge in [0.2, 0.25) is 11.7 Å². The molecule has 1 heterocycles. The monoisotopic (exact) mass is 335 g/mol. The summed E-state index contributed by atoms with van der Waals surface area (Å²) < 4.78 is 0. The van der Waals surface area contributed by atoms with Crippen molar-refractivity contribution in [1.29, 1.82) is 0 Å². The van der Waals surface area contributed by atoms with Gasteiger partial charge < -0.3 is 5.32 Å². The molecule has 6 heteroatoms. The molecule has 0 aliphatic rings. The van der Waals surface area contributed by atoms with Crippen LogP contribution >= 0.6 is 0 Å².